The zero-order valence-corrected chi connectivity index (χ0v) is 17.0. The lowest BCUT2D eigenvalue weighted by Crippen LogP contribution is -3.00. The molecule has 0 spiro atoms. The van der Waals surface area contributed by atoms with Gasteiger partial charge in [-0.1, -0.05) is 24.3 Å². The topological polar surface area (TPSA) is 62.0 Å². The van der Waals surface area contributed by atoms with Crippen LogP contribution >= 0.6 is 0 Å². The van der Waals surface area contributed by atoms with Crippen molar-refractivity contribution in [1.82, 2.24) is 4.57 Å². The lowest BCUT2D eigenvalue weighted by atomic mass is 10.2. The summed E-state index contributed by atoms with van der Waals surface area (Å²) in [6.07, 6.45) is 2.70. The molecule has 0 fully saturated rings. The van der Waals surface area contributed by atoms with E-state index in [0.717, 1.165) is 29.6 Å². The Labute approximate surface area is 171 Å². The number of nitrogens with zero attached hydrogens (tertiary/aromatic N) is 1. The van der Waals surface area contributed by atoms with Crippen LogP contribution in [0.25, 0.3) is 10.9 Å². The van der Waals surface area contributed by atoms with Gasteiger partial charge in [0.15, 0.2) is 0 Å². The Morgan fingerprint density at radius 2 is 1.93 bits per heavy atom. The third kappa shape index (κ3) is 5.96. The summed E-state index contributed by atoms with van der Waals surface area (Å²) < 4.78 is 7.02. The average Bonchev–Trinajstić information content (AvgIpc) is 2.66. The molecule has 1 atom stereocenters. The molecule has 0 aliphatic heterocycles. The van der Waals surface area contributed by atoms with Crippen LogP contribution in [-0.2, 0) is 13.1 Å². The van der Waals surface area contributed by atoms with Crippen molar-refractivity contribution in [3.63, 3.8) is 0 Å². The van der Waals surface area contributed by atoms with Gasteiger partial charge >= 0.3 is 5.56 Å². The molecule has 0 amide bonds. The Balaban J connectivity index is 0.00000182. The summed E-state index contributed by atoms with van der Waals surface area (Å²) in [6, 6.07) is 16.2. The number of methoxy groups -OCH3 is 1. The lowest BCUT2D eigenvalue weighted by Gasteiger charge is -2.10. The molecular weight excluding hydrogens is 385 g/mol. The number of aryl methyl sites for hydroxylation is 1. The van der Waals surface area contributed by atoms with Crippen molar-refractivity contribution in [2.75, 3.05) is 7.11 Å². The van der Waals surface area contributed by atoms with E-state index < -0.39 is 0 Å². The molecule has 0 radical (unpaired) electrons. The number of fused-ring (bicyclic) bond motifs is 1. The number of para-hydroxylation sites is 1. The van der Waals surface area contributed by atoms with E-state index in [2.05, 4.69) is 29.4 Å². The Morgan fingerprint density at radius 1 is 1.15 bits per heavy atom. The Kier molecular flexibility index (Phi) is 9.29. The highest BCUT2D eigenvalue weighted by atomic mass is 35.5. The smallest absolute Gasteiger partial charge is 0.345 e. The van der Waals surface area contributed by atoms with E-state index in [4.69, 9.17) is 4.74 Å². The minimum atomic E-state index is 0. The summed E-state index contributed by atoms with van der Waals surface area (Å²) in [4.78, 5) is 15.7. The molecule has 7 heteroatoms. The molecule has 27 heavy (non-hydrogen) atoms. The van der Waals surface area contributed by atoms with Gasteiger partial charge in [-0.05, 0) is 31.2 Å². The average molecular weight is 410 g/mol. The first-order valence-corrected chi connectivity index (χ1v) is 8.63. The van der Waals surface area contributed by atoms with Gasteiger partial charge in [0, 0.05) is 12.0 Å². The predicted octanol–water partition coefficient (Wildman–Crippen LogP) is -4.63. The molecule has 0 bridgehead atoms. The van der Waals surface area contributed by atoms with Gasteiger partial charge in [0.25, 0.3) is 0 Å². The molecule has 0 aliphatic carbocycles. The number of nitrogens with two attached hydrogens (primary N) is 1. The molecule has 3 aromatic rings. The van der Waals surface area contributed by atoms with Crippen molar-refractivity contribution in [3.8, 4) is 5.75 Å². The highest BCUT2D eigenvalue weighted by Gasteiger charge is 2.12. The van der Waals surface area contributed by atoms with Crippen molar-refractivity contribution in [1.29, 1.82) is 0 Å². The summed E-state index contributed by atoms with van der Waals surface area (Å²) in [5.74, 6) is 0.886. The highest BCUT2D eigenvalue weighted by molar-refractivity contribution is 5.73. The van der Waals surface area contributed by atoms with Crippen molar-refractivity contribution in [3.05, 3.63) is 70.8 Å². The molecule has 2 aromatic carbocycles. The molecule has 0 saturated carbocycles. The number of ether oxygens (including phenoxy) is 1. The number of aromatic amines is 1. The number of benzene rings is 2. The van der Waals surface area contributed by atoms with Crippen LogP contribution in [0.15, 0.2) is 59.7 Å². The third-order valence-corrected chi connectivity index (χ3v) is 4.51. The van der Waals surface area contributed by atoms with E-state index in [-0.39, 0.29) is 30.4 Å². The molecule has 1 unspecified atom stereocenters. The standard InChI is InChI=1S/C20H23N3O2.2ClH/c1-15(21-13-16-6-5-7-17(12-16)25-2)10-11-23-14-22-19-9-4-3-8-18(19)20(23)24;;/h3-9,12,14-15,21H,10-11,13H2,1-2H3;2*1H. The largest absolute Gasteiger partial charge is 1.00 e. The van der Waals surface area contributed by atoms with Gasteiger partial charge in [0.1, 0.15) is 23.2 Å². The van der Waals surface area contributed by atoms with Gasteiger partial charge in [0.2, 0.25) is 6.33 Å². The van der Waals surface area contributed by atoms with E-state index in [1.165, 1.54) is 5.56 Å². The Morgan fingerprint density at radius 3 is 2.70 bits per heavy atom. The van der Waals surface area contributed by atoms with E-state index >= 15 is 0 Å². The molecular formula is C20H25Cl2N3O2. The number of rotatable bonds is 7. The first kappa shape index (κ1) is 23.0. The summed E-state index contributed by atoms with van der Waals surface area (Å²) in [5.41, 5.74) is 2.18. The lowest BCUT2D eigenvalue weighted by molar-refractivity contribution is -0.702. The van der Waals surface area contributed by atoms with E-state index in [9.17, 15) is 4.79 Å². The number of aromatic nitrogens is 2. The summed E-state index contributed by atoms with van der Waals surface area (Å²) in [5, 5.41) is 3.03. The molecule has 3 rings (SSSR count). The maximum atomic E-state index is 12.5. The van der Waals surface area contributed by atoms with Crippen LogP contribution in [0, 0.1) is 0 Å². The third-order valence-electron chi connectivity index (χ3n) is 4.51. The Hall–Kier alpha value is -2.08. The molecule has 1 aromatic heterocycles. The first-order chi connectivity index (χ1) is 12.2. The fourth-order valence-corrected chi connectivity index (χ4v) is 2.92. The second kappa shape index (κ2) is 10.9. The van der Waals surface area contributed by atoms with Gasteiger partial charge in [-0.15, -0.1) is 0 Å². The maximum Gasteiger partial charge on any atom is 0.345 e. The minimum absolute atomic E-state index is 0. The van der Waals surface area contributed by atoms with Crippen molar-refractivity contribution < 1.29 is 39.9 Å². The number of nitrogens with one attached hydrogen (secondary N) is 1. The molecule has 146 valence electrons. The second-order valence-corrected chi connectivity index (χ2v) is 6.37. The molecule has 5 nitrogen and oxygen atoms in total. The van der Waals surface area contributed by atoms with Gasteiger partial charge in [-0.2, -0.15) is 4.57 Å². The number of hydrogen-bond donors (Lipinski definition) is 1. The molecule has 3 N–H and O–H groups in total. The van der Waals surface area contributed by atoms with Gasteiger partial charge in [-0.25, -0.2) is 9.78 Å². The minimum Gasteiger partial charge on any atom is -1.00 e. The normalized spacial score (nSPS) is 11.3. The highest BCUT2D eigenvalue weighted by Crippen LogP contribution is 2.11. The molecule has 0 aliphatic rings. The van der Waals surface area contributed by atoms with Crippen LogP contribution in [0.3, 0.4) is 0 Å². The SMILES string of the molecule is COc1cccc(C[NH2+]C(C)CCn2c[nH+]c3ccccc3c2=O)c1.[Cl-].[Cl-]. The van der Waals surface area contributed by atoms with Crippen LogP contribution < -0.4 is 45.4 Å². The van der Waals surface area contributed by atoms with Gasteiger partial charge in [-0.3, -0.25) is 0 Å². The van der Waals surface area contributed by atoms with Gasteiger partial charge in [0.05, 0.1) is 19.7 Å². The van der Waals surface area contributed by atoms with E-state index in [0.29, 0.717) is 12.6 Å². The summed E-state index contributed by atoms with van der Waals surface area (Å²) in [7, 11) is 1.68. The number of halogens is 2. The van der Waals surface area contributed by atoms with Gasteiger partial charge < -0.3 is 34.9 Å². The first-order valence-electron chi connectivity index (χ1n) is 8.63. The second-order valence-electron chi connectivity index (χ2n) is 6.37. The van der Waals surface area contributed by atoms with Crippen molar-refractivity contribution >= 4 is 10.9 Å². The number of quaternary nitrogens is 1. The fraction of sp³-hybridized carbons (Fsp3) is 0.300. The zero-order chi connectivity index (χ0) is 17.6. The summed E-state index contributed by atoms with van der Waals surface area (Å²) >= 11 is 0. The molecule has 0 saturated heterocycles. The zero-order valence-electron chi connectivity index (χ0n) is 15.5. The summed E-state index contributed by atoms with van der Waals surface area (Å²) in [6.45, 7) is 3.79. The van der Waals surface area contributed by atoms with E-state index in [1.54, 1.807) is 18.0 Å². The Bertz CT molecular complexity index is 915. The van der Waals surface area contributed by atoms with Crippen LogP contribution in [0.1, 0.15) is 18.9 Å². The van der Waals surface area contributed by atoms with Crippen LogP contribution in [-0.4, -0.2) is 17.7 Å². The quantitative estimate of drug-likeness (QED) is 0.426. The number of hydrogen-bond acceptors (Lipinski definition) is 2. The molecule has 1 heterocycles. The predicted molar refractivity (Wildman–Crippen MR) is 97.5 cm³/mol. The van der Waals surface area contributed by atoms with Crippen LogP contribution in [0.5, 0.6) is 5.75 Å². The fourth-order valence-electron chi connectivity index (χ4n) is 2.92. The van der Waals surface area contributed by atoms with E-state index in [1.807, 2.05) is 36.4 Å². The van der Waals surface area contributed by atoms with Crippen LogP contribution in [0.4, 0.5) is 0 Å². The number of H-pyrrole nitrogens is 1. The van der Waals surface area contributed by atoms with Crippen molar-refractivity contribution in [2.45, 2.75) is 32.5 Å². The van der Waals surface area contributed by atoms with Crippen LogP contribution in [0.2, 0.25) is 0 Å². The van der Waals surface area contributed by atoms with Crippen molar-refractivity contribution in [2.24, 2.45) is 0 Å². The monoisotopic (exact) mass is 409 g/mol. The maximum absolute atomic E-state index is 12.5.